The molecule has 0 spiro atoms. The van der Waals surface area contributed by atoms with E-state index in [9.17, 15) is 4.39 Å². The van der Waals surface area contributed by atoms with Gasteiger partial charge in [-0.25, -0.2) is 4.39 Å². The van der Waals surface area contributed by atoms with Crippen LogP contribution in [0, 0.1) is 17.7 Å². The van der Waals surface area contributed by atoms with Gasteiger partial charge in [-0.1, -0.05) is 26.0 Å². The summed E-state index contributed by atoms with van der Waals surface area (Å²) >= 11 is 0. The van der Waals surface area contributed by atoms with E-state index < -0.39 is 0 Å². The third kappa shape index (κ3) is 3.30. The summed E-state index contributed by atoms with van der Waals surface area (Å²) in [7, 11) is 0. The Morgan fingerprint density at radius 3 is 2.83 bits per heavy atom. The van der Waals surface area contributed by atoms with Crippen LogP contribution in [0.4, 0.5) is 4.39 Å². The summed E-state index contributed by atoms with van der Waals surface area (Å²) in [6, 6.07) is 6.54. The Balaban J connectivity index is 1.90. The largest absolute Gasteiger partial charge is 0.323 e. The van der Waals surface area contributed by atoms with Crippen LogP contribution < -0.4 is 5.73 Å². The molecule has 1 fully saturated rings. The van der Waals surface area contributed by atoms with Gasteiger partial charge in [0.15, 0.2) is 0 Å². The average molecular weight is 250 g/mol. The maximum absolute atomic E-state index is 13.1. The van der Waals surface area contributed by atoms with Crippen molar-refractivity contribution in [3.05, 3.63) is 35.6 Å². The van der Waals surface area contributed by atoms with Crippen LogP contribution >= 0.6 is 0 Å². The summed E-state index contributed by atoms with van der Waals surface area (Å²) in [6.45, 7) is 7.63. The number of benzene rings is 1. The summed E-state index contributed by atoms with van der Waals surface area (Å²) in [5.41, 5.74) is 7.05. The molecule has 1 aromatic rings. The molecule has 0 amide bonds. The predicted molar refractivity (Wildman–Crippen MR) is 72.7 cm³/mol. The molecular weight excluding hydrogens is 227 g/mol. The highest BCUT2D eigenvalue weighted by atomic mass is 19.1. The second kappa shape index (κ2) is 5.81. The van der Waals surface area contributed by atoms with Crippen molar-refractivity contribution in [2.75, 3.05) is 19.6 Å². The van der Waals surface area contributed by atoms with Crippen molar-refractivity contribution in [2.45, 2.75) is 26.3 Å². The molecule has 0 radical (unpaired) electrons. The molecular formula is C15H23FN2. The Morgan fingerprint density at radius 2 is 2.22 bits per heavy atom. The average Bonchev–Trinajstić information content (AvgIpc) is 2.77. The number of hydrogen-bond donors (Lipinski definition) is 1. The van der Waals surface area contributed by atoms with Crippen molar-refractivity contribution in [1.29, 1.82) is 0 Å². The Kier molecular flexibility index (Phi) is 4.36. The van der Waals surface area contributed by atoms with E-state index in [2.05, 4.69) is 18.7 Å². The highest BCUT2D eigenvalue weighted by Gasteiger charge is 2.25. The molecule has 0 aliphatic carbocycles. The molecule has 2 nitrogen and oxygen atoms in total. The van der Waals surface area contributed by atoms with Gasteiger partial charge in [-0.3, -0.25) is 0 Å². The lowest BCUT2D eigenvalue weighted by molar-refractivity contribution is 0.287. The first kappa shape index (κ1) is 13.5. The van der Waals surface area contributed by atoms with Gasteiger partial charge in [0.25, 0.3) is 0 Å². The fourth-order valence-electron chi connectivity index (χ4n) is 2.69. The van der Waals surface area contributed by atoms with E-state index in [1.54, 1.807) is 12.1 Å². The molecule has 0 aromatic heterocycles. The molecule has 18 heavy (non-hydrogen) atoms. The highest BCUT2D eigenvalue weighted by Crippen LogP contribution is 2.25. The predicted octanol–water partition coefficient (Wildman–Crippen LogP) is 2.80. The minimum absolute atomic E-state index is 0.0911. The Morgan fingerprint density at radius 1 is 1.44 bits per heavy atom. The molecule has 1 saturated heterocycles. The van der Waals surface area contributed by atoms with Gasteiger partial charge in [0, 0.05) is 19.1 Å². The van der Waals surface area contributed by atoms with E-state index in [1.807, 2.05) is 6.07 Å². The van der Waals surface area contributed by atoms with Crippen molar-refractivity contribution < 1.29 is 4.39 Å². The lowest BCUT2D eigenvalue weighted by Crippen LogP contribution is -2.31. The molecule has 0 saturated carbocycles. The SMILES string of the molecule is CC(C)C1CCN(CC(N)c2cccc(F)c2)C1. The molecule has 100 valence electrons. The minimum atomic E-state index is -0.204. The number of rotatable bonds is 4. The van der Waals surface area contributed by atoms with Crippen LogP contribution in [0.3, 0.4) is 0 Å². The Labute approximate surface area is 109 Å². The van der Waals surface area contributed by atoms with Crippen molar-refractivity contribution in [2.24, 2.45) is 17.6 Å². The molecule has 2 rings (SSSR count). The second-order valence-electron chi connectivity index (χ2n) is 5.71. The smallest absolute Gasteiger partial charge is 0.123 e. The van der Waals surface area contributed by atoms with E-state index >= 15 is 0 Å². The van der Waals surface area contributed by atoms with Crippen LogP contribution in [0.15, 0.2) is 24.3 Å². The molecule has 2 N–H and O–H groups in total. The van der Waals surface area contributed by atoms with Crippen LogP contribution in [0.2, 0.25) is 0 Å². The minimum Gasteiger partial charge on any atom is -0.323 e. The summed E-state index contributed by atoms with van der Waals surface area (Å²) in [5, 5.41) is 0. The fourth-order valence-corrected chi connectivity index (χ4v) is 2.69. The third-order valence-electron chi connectivity index (χ3n) is 3.98. The van der Waals surface area contributed by atoms with Crippen molar-refractivity contribution in [3.8, 4) is 0 Å². The third-order valence-corrected chi connectivity index (χ3v) is 3.98. The Bertz CT molecular complexity index is 392. The van der Waals surface area contributed by atoms with Crippen molar-refractivity contribution in [3.63, 3.8) is 0 Å². The van der Waals surface area contributed by atoms with Gasteiger partial charge in [-0.15, -0.1) is 0 Å². The van der Waals surface area contributed by atoms with Crippen molar-refractivity contribution in [1.82, 2.24) is 4.90 Å². The quantitative estimate of drug-likeness (QED) is 0.890. The summed E-state index contributed by atoms with van der Waals surface area (Å²) < 4.78 is 13.1. The second-order valence-corrected chi connectivity index (χ2v) is 5.71. The number of hydrogen-bond acceptors (Lipinski definition) is 2. The number of likely N-dealkylation sites (tertiary alicyclic amines) is 1. The maximum atomic E-state index is 13.1. The molecule has 2 atom stereocenters. The van der Waals surface area contributed by atoms with Crippen LogP contribution in [0.1, 0.15) is 31.9 Å². The first-order valence-corrected chi connectivity index (χ1v) is 6.79. The molecule has 1 aliphatic heterocycles. The summed E-state index contributed by atoms with van der Waals surface area (Å²) in [4.78, 5) is 2.40. The summed E-state index contributed by atoms with van der Waals surface area (Å²) in [6.07, 6.45) is 1.26. The van der Waals surface area contributed by atoms with Gasteiger partial charge in [0.1, 0.15) is 5.82 Å². The summed E-state index contributed by atoms with van der Waals surface area (Å²) in [5.74, 6) is 1.31. The normalized spacial score (nSPS) is 22.6. The molecule has 1 aliphatic rings. The topological polar surface area (TPSA) is 29.3 Å². The Hall–Kier alpha value is -0.930. The molecule has 1 heterocycles. The van der Waals surface area contributed by atoms with E-state index in [0.717, 1.165) is 37.0 Å². The van der Waals surface area contributed by atoms with Gasteiger partial charge in [-0.2, -0.15) is 0 Å². The van der Waals surface area contributed by atoms with E-state index in [1.165, 1.54) is 12.5 Å². The standard InChI is InChI=1S/C15H23FN2/c1-11(2)13-6-7-18(9-13)10-15(17)12-4-3-5-14(16)8-12/h3-5,8,11,13,15H,6-7,9-10,17H2,1-2H3. The molecule has 0 bridgehead atoms. The van der Waals surface area contributed by atoms with Crippen molar-refractivity contribution >= 4 is 0 Å². The first-order valence-electron chi connectivity index (χ1n) is 6.79. The zero-order valence-electron chi connectivity index (χ0n) is 11.3. The van der Waals surface area contributed by atoms with Gasteiger partial charge in [0.2, 0.25) is 0 Å². The van der Waals surface area contributed by atoms with Crippen LogP contribution in [-0.4, -0.2) is 24.5 Å². The van der Waals surface area contributed by atoms with Gasteiger partial charge >= 0.3 is 0 Å². The number of halogens is 1. The zero-order valence-corrected chi connectivity index (χ0v) is 11.3. The van der Waals surface area contributed by atoms with Gasteiger partial charge in [0.05, 0.1) is 0 Å². The van der Waals surface area contributed by atoms with E-state index in [-0.39, 0.29) is 11.9 Å². The lowest BCUT2D eigenvalue weighted by Gasteiger charge is -2.22. The van der Waals surface area contributed by atoms with Crippen LogP contribution in [0.5, 0.6) is 0 Å². The zero-order chi connectivity index (χ0) is 13.1. The van der Waals surface area contributed by atoms with Crippen LogP contribution in [0.25, 0.3) is 0 Å². The molecule has 1 aromatic carbocycles. The number of nitrogens with zero attached hydrogens (tertiary/aromatic N) is 1. The van der Waals surface area contributed by atoms with Gasteiger partial charge < -0.3 is 10.6 Å². The van der Waals surface area contributed by atoms with Crippen LogP contribution in [-0.2, 0) is 0 Å². The van der Waals surface area contributed by atoms with Gasteiger partial charge in [-0.05, 0) is 42.5 Å². The maximum Gasteiger partial charge on any atom is 0.123 e. The highest BCUT2D eigenvalue weighted by molar-refractivity contribution is 5.20. The van der Waals surface area contributed by atoms with E-state index in [4.69, 9.17) is 5.73 Å². The lowest BCUT2D eigenvalue weighted by atomic mass is 9.95. The number of nitrogens with two attached hydrogens (primary N) is 1. The van der Waals surface area contributed by atoms with E-state index in [0.29, 0.717) is 0 Å². The first-order chi connectivity index (χ1) is 8.56. The fraction of sp³-hybridized carbons (Fsp3) is 0.600. The monoisotopic (exact) mass is 250 g/mol. The molecule has 3 heteroatoms. The molecule has 2 unspecified atom stereocenters.